The molecule has 0 spiro atoms. The van der Waals surface area contributed by atoms with Crippen molar-refractivity contribution in [2.75, 3.05) is 26.7 Å². The lowest BCUT2D eigenvalue weighted by molar-refractivity contribution is -0.126. The molecule has 1 aromatic rings. The lowest BCUT2D eigenvalue weighted by Crippen LogP contribution is -2.39. The summed E-state index contributed by atoms with van der Waals surface area (Å²) in [4.78, 5) is 23.0. The molecule has 1 aromatic carbocycles. The summed E-state index contributed by atoms with van der Waals surface area (Å²) in [5, 5.41) is 8.25. The Hall–Kier alpha value is -1.59. The van der Waals surface area contributed by atoms with E-state index >= 15 is 0 Å². The molecule has 21 heavy (non-hydrogen) atoms. The second-order valence-corrected chi connectivity index (χ2v) is 4.72. The minimum Gasteiger partial charge on any atom is -0.353 e. The van der Waals surface area contributed by atoms with E-state index < -0.39 is 0 Å². The number of halogens is 1. The van der Waals surface area contributed by atoms with Crippen molar-refractivity contribution >= 4 is 24.2 Å². The van der Waals surface area contributed by atoms with E-state index in [0.717, 1.165) is 5.56 Å². The van der Waals surface area contributed by atoms with Gasteiger partial charge in [-0.05, 0) is 26.0 Å². The smallest absolute Gasteiger partial charge is 0.239 e. The van der Waals surface area contributed by atoms with Gasteiger partial charge in [0.1, 0.15) is 0 Å². The quantitative estimate of drug-likeness (QED) is 0.622. The Kier molecular flexibility index (Phi) is 10.3. The molecule has 6 heteroatoms. The average Bonchev–Trinajstić information content (AvgIpc) is 2.45. The van der Waals surface area contributed by atoms with E-state index in [4.69, 9.17) is 0 Å². The van der Waals surface area contributed by atoms with E-state index in [1.54, 1.807) is 0 Å². The average molecular weight is 314 g/mol. The fourth-order valence-corrected chi connectivity index (χ4v) is 1.67. The Balaban J connectivity index is 0.00000400. The topological polar surface area (TPSA) is 70.2 Å². The molecule has 0 aliphatic rings. The predicted octanol–water partition coefficient (Wildman–Crippen LogP) is 0.801. The minimum absolute atomic E-state index is 0. The maximum Gasteiger partial charge on any atom is 0.239 e. The van der Waals surface area contributed by atoms with Crippen molar-refractivity contribution in [1.29, 1.82) is 0 Å². The van der Waals surface area contributed by atoms with Crippen molar-refractivity contribution in [2.45, 2.75) is 19.8 Å². The van der Waals surface area contributed by atoms with E-state index in [0.29, 0.717) is 25.9 Å². The van der Waals surface area contributed by atoms with Crippen LogP contribution in [-0.4, -0.2) is 38.5 Å². The summed E-state index contributed by atoms with van der Waals surface area (Å²) in [5.74, 6) is -0.265. The number of carbonyl (C=O) groups excluding carboxylic acids is 2. The first-order valence-electron chi connectivity index (χ1n) is 6.85. The van der Waals surface area contributed by atoms with Crippen LogP contribution in [0.3, 0.4) is 0 Å². The summed E-state index contributed by atoms with van der Waals surface area (Å²) < 4.78 is 0. The van der Waals surface area contributed by atoms with Gasteiger partial charge >= 0.3 is 0 Å². The first-order valence-corrected chi connectivity index (χ1v) is 6.85. The second-order valence-electron chi connectivity index (χ2n) is 4.72. The number of rotatable bonds is 8. The molecule has 0 aromatic heterocycles. The van der Waals surface area contributed by atoms with Gasteiger partial charge in [-0.3, -0.25) is 9.59 Å². The third kappa shape index (κ3) is 9.05. The van der Waals surface area contributed by atoms with Gasteiger partial charge in [-0.25, -0.2) is 0 Å². The van der Waals surface area contributed by atoms with Gasteiger partial charge < -0.3 is 16.0 Å². The summed E-state index contributed by atoms with van der Waals surface area (Å²) >= 11 is 0. The molecule has 118 valence electrons. The Labute approximate surface area is 132 Å². The van der Waals surface area contributed by atoms with Crippen LogP contribution in [0, 0.1) is 6.92 Å². The molecule has 0 aliphatic carbocycles. The molecule has 2 amide bonds. The Morgan fingerprint density at radius 1 is 1.00 bits per heavy atom. The molecule has 5 nitrogen and oxygen atoms in total. The highest BCUT2D eigenvalue weighted by atomic mass is 35.5. The van der Waals surface area contributed by atoms with Crippen molar-refractivity contribution < 1.29 is 9.59 Å². The summed E-state index contributed by atoms with van der Waals surface area (Å²) in [6.45, 7) is 3.35. The molecule has 0 radical (unpaired) electrons. The highest BCUT2D eigenvalue weighted by Gasteiger charge is 2.05. The molecule has 0 heterocycles. The van der Waals surface area contributed by atoms with Crippen LogP contribution in [0.4, 0.5) is 0 Å². The maximum absolute atomic E-state index is 11.6. The number of carbonyl (C=O) groups is 2. The second kappa shape index (κ2) is 11.1. The summed E-state index contributed by atoms with van der Waals surface area (Å²) in [5.41, 5.74) is 2.33. The van der Waals surface area contributed by atoms with Gasteiger partial charge in [0.2, 0.25) is 11.8 Å². The highest BCUT2D eigenvalue weighted by Crippen LogP contribution is 2.05. The molecular formula is C15H24ClN3O2. The Bertz CT molecular complexity index is 435. The third-order valence-corrected chi connectivity index (χ3v) is 2.90. The Morgan fingerprint density at radius 3 is 2.29 bits per heavy atom. The van der Waals surface area contributed by atoms with Crippen molar-refractivity contribution in [1.82, 2.24) is 16.0 Å². The van der Waals surface area contributed by atoms with Gasteiger partial charge in [-0.2, -0.15) is 0 Å². The zero-order valence-corrected chi connectivity index (χ0v) is 13.4. The van der Waals surface area contributed by atoms with Crippen LogP contribution in [0.25, 0.3) is 0 Å². The minimum atomic E-state index is -0.163. The normalized spacial score (nSPS) is 9.62. The van der Waals surface area contributed by atoms with Gasteiger partial charge in [0, 0.05) is 19.5 Å². The van der Waals surface area contributed by atoms with E-state index in [2.05, 4.69) is 16.0 Å². The molecule has 1 rings (SSSR count). The van der Waals surface area contributed by atoms with Gasteiger partial charge in [0.15, 0.2) is 0 Å². The van der Waals surface area contributed by atoms with Gasteiger partial charge in [-0.1, -0.05) is 29.8 Å². The third-order valence-electron chi connectivity index (χ3n) is 2.90. The van der Waals surface area contributed by atoms with E-state index in [1.165, 1.54) is 5.56 Å². The summed E-state index contributed by atoms with van der Waals surface area (Å²) in [6, 6.07) is 8.10. The summed E-state index contributed by atoms with van der Waals surface area (Å²) in [7, 11) is 1.82. The molecule has 0 atom stereocenters. The van der Waals surface area contributed by atoms with E-state index in [9.17, 15) is 9.59 Å². The van der Waals surface area contributed by atoms with Crippen LogP contribution in [0.2, 0.25) is 0 Å². The van der Waals surface area contributed by atoms with Crippen LogP contribution in [-0.2, 0) is 16.0 Å². The Morgan fingerprint density at radius 2 is 1.67 bits per heavy atom. The van der Waals surface area contributed by atoms with Crippen molar-refractivity contribution in [3.8, 4) is 0 Å². The zero-order chi connectivity index (χ0) is 14.8. The van der Waals surface area contributed by atoms with Crippen LogP contribution in [0.5, 0.6) is 0 Å². The van der Waals surface area contributed by atoms with Gasteiger partial charge in [0.25, 0.3) is 0 Å². The molecule has 0 saturated heterocycles. The first kappa shape index (κ1) is 19.4. The molecule has 0 aliphatic heterocycles. The molecule has 0 unspecified atom stereocenters. The standard InChI is InChI=1S/C15H23N3O2.ClH/c1-12-3-5-13(6-4-12)7-8-14(19)18-11-15(20)17-10-9-16-2;/h3-6,16H,7-11H2,1-2H3,(H,17,20)(H,18,19);1H. The zero-order valence-electron chi connectivity index (χ0n) is 12.6. The van der Waals surface area contributed by atoms with E-state index in [-0.39, 0.29) is 30.8 Å². The van der Waals surface area contributed by atoms with Gasteiger partial charge in [-0.15, -0.1) is 12.4 Å². The van der Waals surface area contributed by atoms with Gasteiger partial charge in [0.05, 0.1) is 6.54 Å². The van der Waals surface area contributed by atoms with Crippen LogP contribution in [0.15, 0.2) is 24.3 Å². The molecule has 0 saturated carbocycles. The molecule has 3 N–H and O–H groups in total. The lowest BCUT2D eigenvalue weighted by atomic mass is 10.1. The van der Waals surface area contributed by atoms with Crippen molar-refractivity contribution in [3.05, 3.63) is 35.4 Å². The maximum atomic E-state index is 11.6. The van der Waals surface area contributed by atoms with E-state index in [1.807, 2.05) is 38.2 Å². The SMILES string of the molecule is CNCCNC(=O)CNC(=O)CCc1ccc(C)cc1.Cl. The number of amides is 2. The summed E-state index contributed by atoms with van der Waals surface area (Å²) in [6.07, 6.45) is 1.08. The number of benzene rings is 1. The fraction of sp³-hybridized carbons (Fsp3) is 0.467. The molecule has 0 bridgehead atoms. The van der Waals surface area contributed by atoms with Crippen molar-refractivity contribution in [2.24, 2.45) is 0 Å². The number of aryl methyl sites for hydroxylation is 2. The number of nitrogens with one attached hydrogen (secondary N) is 3. The van der Waals surface area contributed by atoms with Crippen LogP contribution in [0.1, 0.15) is 17.5 Å². The van der Waals surface area contributed by atoms with Crippen molar-refractivity contribution in [3.63, 3.8) is 0 Å². The lowest BCUT2D eigenvalue weighted by Gasteiger charge is -2.07. The molecule has 0 fully saturated rings. The number of hydrogen-bond donors (Lipinski definition) is 3. The fourth-order valence-electron chi connectivity index (χ4n) is 1.67. The monoisotopic (exact) mass is 313 g/mol. The van der Waals surface area contributed by atoms with Crippen LogP contribution < -0.4 is 16.0 Å². The van der Waals surface area contributed by atoms with Crippen LogP contribution >= 0.6 is 12.4 Å². The first-order chi connectivity index (χ1) is 9.61. The molecular weight excluding hydrogens is 290 g/mol. The predicted molar refractivity (Wildman–Crippen MR) is 86.7 cm³/mol. The highest BCUT2D eigenvalue weighted by molar-refractivity contribution is 5.85. The largest absolute Gasteiger partial charge is 0.353 e. The number of likely N-dealkylation sites (N-methyl/N-ethyl adjacent to an activating group) is 1. The number of hydrogen-bond acceptors (Lipinski definition) is 3.